The minimum Gasteiger partial charge on any atom is -0.468 e. The smallest absolute Gasteiger partial charge is 0.240 e. The standard InChI is InChI=1S/C21H29N3O4S/c1-4-23(5-2)18(19-8-7-13-28-19)15-22-29(26,27)20-11-10-17(14-16(20)3)24-12-6-9-21(24)25/h7-8,10-11,13-14,18,22H,4-6,9,12,15H2,1-3H3/t18-/m1/s1. The zero-order valence-electron chi connectivity index (χ0n) is 17.2. The van der Waals surface area contributed by atoms with Gasteiger partial charge < -0.3 is 9.32 Å². The van der Waals surface area contributed by atoms with Crippen LogP contribution in [-0.2, 0) is 14.8 Å². The van der Waals surface area contributed by atoms with E-state index in [1.165, 1.54) is 0 Å². The van der Waals surface area contributed by atoms with Crippen molar-refractivity contribution in [2.75, 3.05) is 31.1 Å². The second-order valence-electron chi connectivity index (χ2n) is 7.20. The van der Waals surface area contributed by atoms with Crippen molar-refractivity contribution in [3.8, 4) is 0 Å². The van der Waals surface area contributed by atoms with Crippen LogP contribution in [0.3, 0.4) is 0 Å². The summed E-state index contributed by atoms with van der Waals surface area (Å²) in [4.78, 5) is 16.0. The van der Waals surface area contributed by atoms with Gasteiger partial charge in [0, 0.05) is 25.2 Å². The fourth-order valence-electron chi connectivity index (χ4n) is 3.85. The van der Waals surface area contributed by atoms with Crippen molar-refractivity contribution in [2.24, 2.45) is 0 Å². The van der Waals surface area contributed by atoms with Crippen LogP contribution in [0.15, 0.2) is 45.9 Å². The van der Waals surface area contributed by atoms with E-state index in [0.717, 1.165) is 31.0 Å². The number of aryl methyl sites for hydroxylation is 1. The average Bonchev–Trinajstić information content (AvgIpc) is 3.36. The van der Waals surface area contributed by atoms with E-state index in [2.05, 4.69) is 9.62 Å². The lowest BCUT2D eigenvalue weighted by atomic mass is 10.2. The molecule has 7 nitrogen and oxygen atoms in total. The number of carbonyl (C=O) groups is 1. The van der Waals surface area contributed by atoms with Gasteiger partial charge in [-0.25, -0.2) is 13.1 Å². The number of furan rings is 1. The van der Waals surface area contributed by atoms with Crippen LogP contribution in [0.4, 0.5) is 5.69 Å². The van der Waals surface area contributed by atoms with E-state index in [4.69, 9.17) is 4.42 Å². The van der Waals surface area contributed by atoms with E-state index >= 15 is 0 Å². The largest absolute Gasteiger partial charge is 0.468 e. The Labute approximate surface area is 172 Å². The van der Waals surface area contributed by atoms with Crippen molar-refractivity contribution in [1.29, 1.82) is 0 Å². The summed E-state index contributed by atoms with van der Waals surface area (Å²) in [6, 6.07) is 8.55. The van der Waals surface area contributed by atoms with Gasteiger partial charge in [0.1, 0.15) is 5.76 Å². The molecule has 0 spiro atoms. The highest BCUT2D eigenvalue weighted by atomic mass is 32.2. The second kappa shape index (κ2) is 9.11. The number of benzene rings is 1. The summed E-state index contributed by atoms with van der Waals surface area (Å²) in [5.41, 5.74) is 1.37. The SMILES string of the molecule is CCN(CC)[C@H](CNS(=O)(=O)c1ccc(N2CCCC2=O)cc1C)c1ccco1. The summed E-state index contributed by atoms with van der Waals surface area (Å²) in [5.74, 6) is 0.815. The number of nitrogens with zero attached hydrogens (tertiary/aromatic N) is 2. The topological polar surface area (TPSA) is 82.9 Å². The molecule has 3 rings (SSSR count). The van der Waals surface area contributed by atoms with E-state index in [-0.39, 0.29) is 23.4 Å². The number of rotatable bonds is 9. The molecule has 1 aromatic carbocycles. The summed E-state index contributed by atoms with van der Waals surface area (Å²) in [6.45, 7) is 8.28. The highest BCUT2D eigenvalue weighted by Crippen LogP contribution is 2.27. The maximum atomic E-state index is 13.0. The molecule has 0 saturated carbocycles. The van der Waals surface area contributed by atoms with Crippen molar-refractivity contribution in [1.82, 2.24) is 9.62 Å². The monoisotopic (exact) mass is 419 g/mol. The molecular weight excluding hydrogens is 390 g/mol. The van der Waals surface area contributed by atoms with Gasteiger partial charge in [-0.2, -0.15) is 0 Å². The predicted octanol–water partition coefficient (Wildman–Crippen LogP) is 3.08. The molecule has 0 radical (unpaired) electrons. The van der Waals surface area contributed by atoms with E-state index < -0.39 is 10.0 Å². The maximum absolute atomic E-state index is 13.0. The average molecular weight is 420 g/mol. The highest BCUT2D eigenvalue weighted by molar-refractivity contribution is 7.89. The van der Waals surface area contributed by atoms with Crippen LogP contribution in [-0.4, -0.2) is 45.4 Å². The van der Waals surface area contributed by atoms with Crippen molar-refractivity contribution in [3.63, 3.8) is 0 Å². The molecule has 0 aliphatic carbocycles. The van der Waals surface area contributed by atoms with Crippen molar-refractivity contribution in [3.05, 3.63) is 47.9 Å². The Morgan fingerprint density at radius 3 is 2.55 bits per heavy atom. The number of hydrogen-bond donors (Lipinski definition) is 1. The molecule has 1 N–H and O–H groups in total. The van der Waals surface area contributed by atoms with Gasteiger partial charge in [0.05, 0.1) is 17.2 Å². The summed E-state index contributed by atoms with van der Waals surface area (Å²) in [5, 5.41) is 0. The summed E-state index contributed by atoms with van der Waals surface area (Å²) in [6.07, 6.45) is 2.97. The number of likely N-dealkylation sites (N-methyl/N-ethyl adjacent to an activating group) is 1. The van der Waals surface area contributed by atoms with Gasteiger partial charge in [-0.15, -0.1) is 0 Å². The van der Waals surface area contributed by atoms with Crippen LogP contribution >= 0.6 is 0 Å². The molecule has 1 aliphatic rings. The Kier molecular flexibility index (Phi) is 6.77. The minimum atomic E-state index is -3.70. The zero-order valence-corrected chi connectivity index (χ0v) is 18.0. The Bertz CT molecular complexity index is 937. The molecule has 29 heavy (non-hydrogen) atoms. The molecular formula is C21H29N3O4S. The summed E-state index contributed by atoms with van der Waals surface area (Å²) < 4.78 is 34.3. The lowest BCUT2D eigenvalue weighted by Gasteiger charge is -2.28. The van der Waals surface area contributed by atoms with Gasteiger partial charge in [0.2, 0.25) is 15.9 Å². The number of carbonyl (C=O) groups excluding carboxylic acids is 1. The molecule has 1 fully saturated rings. The Hall–Kier alpha value is -2.16. The normalized spacial score (nSPS) is 16.0. The van der Waals surface area contributed by atoms with Gasteiger partial charge >= 0.3 is 0 Å². The first kappa shape index (κ1) is 21.5. The highest BCUT2D eigenvalue weighted by Gasteiger charge is 2.26. The van der Waals surface area contributed by atoms with Crippen LogP contribution in [0.1, 0.15) is 44.1 Å². The van der Waals surface area contributed by atoms with Crippen LogP contribution in [0, 0.1) is 6.92 Å². The number of anilines is 1. The number of amides is 1. The second-order valence-corrected chi connectivity index (χ2v) is 8.94. The molecule has 158 valence electrons. The van der Waals surface area contributed by atoms with Crippen LogP contribution in [0.5, 0.6) is 0 Å². The van der Waals surface area contributed by atoms with Gasteiger partial charge in [0.25, 0.3) is 0 Å². The molecule has 1 saturated heterocycles. The van der Waals surface area contributed by atoms with E-state index in [1.807, 2.05) is 26.0 Å². The van der Waals surface area contributed by atoms with E-state index in [9.17, 15) is 13.2 Å². The third-order valence-electron chi connectivity index (χ3n) is 5.42. The summed E-state index contributed by atoms with van der Waals surface area (Å²) in [7, 11) is -3.70. The first-order chi connectivity index (χ1) is 13.9. The fraction of sp³-hybridized carbons (Fsp3) is 0.476. The third-order valence-corrected chi connectivity index (χ3v) is 7.01. The third kappa shape index (κ3) is 4.71. The van der Waals surface area contributed by atoms with Crippen LogP contribution in [0.25, 0.3) is 0 Å². The van der Waals surface area contributed by atoms with Gasteiger partial charge in [-0.1, -0.05) is 13.8 Å². The number of sulfonamides is 1. The summed E-state index contributed by atoms with van der Waals surface area (Å²) >= 11 is 0. The van der Waals surface area contributed by atoms with Crippen LogP contribution < -0.4 is 9.62 Å². The fourth-order valence-corrected chi connectivity index (χ4v) is 5.11. The van der Waals surface area contributed by atoms with Gasteiger partial charge in [-0.05, 0) is 62.3 Å². The predicted molar refractivity (Wildman–Crippen MR) is 112 cm³/mol. The zero-order chi connectivity index (χ0) is 21.0. The van der Waals surface area contributed by atoms with Crippen molar-refractivity contribution < 1.29 is 17.6 Å². The van der Waals surface area contributed by atoms with Crippen molar-refractivity contribution >= 4 is 21.6 Å². The van der Waals surface area contributed by atoms with Gasteiger partial charge in [0.15, 0.2) is 0 Å². The van der Waals surface area contributed by atoms with E-state index in [0.29, 0.717) is 18.5 Å². The molecule has 0 unspecified atom stereocenters. The van der Waals surface area contributed by atoms with Gasteiger partial charge in [-0.3, -0.25) is 9.69 Å². The molecule has 1 atom stereocenters. The van der Waals surface area contributed by atoms with Crippen LogP contribution in [0.2, 0.25) is 0 Å². The Morgan fingerprint density at radius 2 is 2.00 bits per heavy atom. The Balaban J connectivity index is 1.78. The molecule has 8 heteroatoms. The minimum absolute atomic E-state index is 0.0821. The molecule has 2 aromatic rings. The Morgan fingerprint density at radius 1 is 1.24 bits per heavy atom. The first-order valence-electron chi connectivity index (χ1n) is 10.1. The number of nitrogens with one attached hydrogen (secondary N) is 1. The van der Waals surface area contributed by atoms with Crippen molar-refractivity contribution in [2.45, 2.75) is 44.6 Å². The lowest BCUT2D eigenvalue weighted by Crippen LogP contribution is -2.38. The maximum Gasteiger partial charge on any atom is 0.240 e. The molecule has 1 amide bonds. The molecule has 2 heterocycles. The first-order valence-corrected chi connectivity index (χ1v) is 11.5. The quantitative estimate of drug-likeness (QED) is 0.675. The molecule has 1 aliphatic heterocycles. The number of hydrogen-bond acceptors (Lipinski definition) is 5. The van der Waals surface area contributed by atoms with E-state index in [1.54, 1.807) is 36.3 Å². The molecule has 1 aromatic heterocycles. The molecule has 0 bridgehead atoms. The lowest BCUT2D eigenvalue weighted by molar-refractivity contribution is -0.117.